The lowest BCUT2D eigenvalue weighted by atomic mass is 10.00. The summed E-state index contributed by atoms with van der Waals surface area (Å²) in [5, 5.41) is 7.48. The predicted molar refractivity (Wildman–Crippen MR) is 74.6 cm³/mol. The Balaban J connectivity index is 2.02. The van der Waals surface area contributed by atoms with Crippen molar-refractivity contribution in [2.45, 2.75) is 19.9 Å². The number of nitrogens with zero attached hydrogens (tertiary/aromatic N) is 1. The molecule has 0 saturated heterocycles. The first-order valence-corrected chi connectivity index (χ1v) is 6.59. The fraction of sp³-hybridized carbons (Fsp3) is 0.429. The van der Waals surface area contributed by atoms with E-state index in [9.17, 15) is 4.79 Å². The van der Waals surface area contributed by atoms with Gasteiger partial charge in [-0.2, -0.15) is 0 Å². The van der Waals surface area contributed by atoms with E-state index < -0.39 is 0 Å². The molecule has 0 aliphatic carbocycles. The van der Waals surface area contributed by atoms with Crippen LogP contribution in [0.25, 0.3) is 0 Å². The van der Waals surface area contributed by atoms with Gasteiger partial charge in [0.25, 0.3) is 0 Å². The molecule has 1 aliphatic heterocycles. The Kier molecular flexibility index (Phi) is 4.45. The monoisotopic (exact) mass is 277 g/mol. The van der Waals surface area contributed by atoms with Crippen LogP contribution < -0.4 is 10.5 Å². The molecule has 0 atom stereocenters. The fourth-order valence-corrected chi connectivity index (χ4v) is 2.17. The number of esters is 1. The van der Waals surface area contributed by atoms with Crippen LogP contribution in [0.2, 0.25) is 0 Å². The van der Waals surface area contributed by atoms with Gasteiger partial charge in [0.15, 0.2) is 12.6 Å². The molecule has 1 heterocycles. The zero-order valence-electron chi connectivity index (χ0n) is 11.5. The van der Waals surface area contributed by atoms with Crippen LogP contribution in [-0.4, -0.2) is 36.6 Å². The van der Waals surface area contributed by atoms with Crippen molar-refractivity contribution in [1.29, 1.82) is 5.41 Å². The van der Waals surface area contributed by atoms with E-state index in [4.69, 9.17) is 20.6 Å². The highest BCUT2D eigenvalue weighted by Crippen LogP contribution is 2.23. The third-order valence-electron chi connectivity index (χ3n) is 3.19. The Morgan fingerprint density at radius 3 is 2.95 bits per heavy atom. The van der Waals surface area contributed by atoms with Gasteiger partial charge in [-0.3, -0.25) is 5.41 Å². The van der Waals surface area contributed by atoms with Gasteiger partial charge in [0.2, 0.25) is 0 Å². The standard InChI is InChI=1S/C14H19N3O3/c1-2-19-13(18)9-20-12-4-3-10-5-6-17(14(15)16)8-11(10)7-12/h3-4,7H,2,5-6,8-9H2,1H3,(H3,15,16). The van der Waals surface area contributed by atoms with Gasteiger partial charge in [-0.1, -0.05) is 6.07 Å². The minimum absolute atomic E-state index is 0.0773. The van der Waals surface area contributed by atoms with E-state index in [0.717, 1.165) is 18.5 Å². The molecule has 1 aromatic rings. The third-order valence-corrected chi connectivity index (χ3v) is 3.19. The summed E-state index contributed by atoms with van der Waals surface area (Å²) >= 11 is 0. The van der Waals surface area contributed by atoms with E-state index in [1.807, 2.05) is 18.2 Å². The molecule has 0 unspecified atom stereocenters. The van der Waals surface area contributed by atoms with Crippen LogP contribution in [0.15, 0.2) is 18.2 Å². The van der Waals surface area contributed by atoms with Crippen molar-refractivity contribution < 1.29 is 14.3 Å². The Hall–Kier alpha value is -2.24. The highest BCUT2D eigenvalue weighted by Gasteiger charge is 2.17. The molecule has 6 nitrogen and oxygen atoms in total. The molecule has 0 saturated carbocycles. The number of hydrogen-bond acceptors (Lipinski definition) is 4. The molecule has 108 valence electrons. The number of carbonyl (C=O) groups is 1. The van der Waals surface area contributed by atoms with Gasteiger partial charge < -0.3 is 20.1 Å². The lowest BCUT2D eigenvalue weighted by Gasteiger charge is -2.29. The van der Waals surface area contributed by atoms with E-state index in [2.05, 4.69) is 0 Å². The molecule has 6 heteroatoms. The second kappa shape index (κ2) is 6.27. The van der Waals surface area contributed by atoms with E-state index in [-0.39, 0.29) is 18.5 Å². The maximum Gasteiger partial charge on any atom is 0.344 e. The molecule has 1 aromatic carbocycles. The third kappa shape index (κ3) is 3.40. The Labute approximate surface area is 118 Å². The highest BCUT2D eigenvalue weighted by atomic mass is 16.6. The first-order chi connectivity index (χ1) is 9.60. The predicted octanol–water partition coefficient (Wildman–Crippen LogP) is 0.880. The van der Waals surface area contributed by atoms with Crippen LogP contribution in [0, 0.1) is 5.41 Å². The van der Waals surface area contributed by atoms with Gasteiger partial charge >= 0.3 is 5.97 Å². The summed E-state index contributed by atoms with van der Waals surface area (Å²) in [5.41, 5.74) is 7.82. The zero-order valence-corrected chi connectivity index (χ0v) is 11.5. The van der Waals surface area contributed by atoms with Crippen molar-refractivity contribution in [1.82, 2.24) is 4.90 Å². The summed E-state index contributed by atoms with van der Waals surface area (Å²) in [6.07, 6.45) is 0.854. The largest absolute Gasteiger partial charge is 0.482 e. The van der Waals surface area contributed by atoms with E-state index in [1.165, 1.54) is 5.56 Å². The second-order valence-corrected chi connectivity index (χ2v) is 4.58. The number of nitrogens with two attached hydrogens (primary N) is 1. The number of guanidine groups is 1. The molecule has 2 rings (SSSR count). The first kappa shape index (κ1) is 14.2. The van der Waals surface area contributed by atoms with E-state index in [1.54, 1.807) is 11.8 Å². The maximum atomic E-state index is 11.2. The van der Waals surface area contributed by atoms with E-state index in [0.29, 0.717) is 18.9 Å². The zero-order chi connectivity index (χ0) is 14.5. The number of hydrogen-bond donors (Lipinski definition) is 2. The van der Waals surface area contributed by atoms with Crippen LogP contribution in [0.4, 0.5) is 0 Å². The van der Waals surface area contributed by atoms with Gasteiger partial charge in [-0.05, 0) is 36.6 Å². The van der Waals surface area contributed by atoms with E-state index >= 15 is 0 Å². The number of ether oxygens (including phenoxy) is 2. The minimum Gasteiger partial charge on any atom is -0.482 e. The van der Waals surface area contributed by atoms with Crippen LogP contribution in [-0.2, 0) is 22.5 Å². The Morgan fingerprint density at radius 2 is 2.25 bits per heavy atom. The maximum absolute atomic E-state index is 11.2. The number of fused-ring (bicyclic) bond motifs is 1. The lowest BCUT2D eigenvalue weighted by Crippen LogP contribution is -2.40. The van der Waals surface area contributed by atoms with Crippen LogP contribution in [0.1, 0.15) is 18.1 Å². The number of carbonyl (C=O) groups excluding carboxylic acids is 1. The average molecular weight is 277 g/mol. The number of rotatable bonds is 4. The molecule has 0 amide bonds. The van der Waals surface area contributed by atoms with Crippen molar-refractivity contribution in [3.63, 3.8) is 0 Å². The summed E-state index contributed by atoms with van der Waals surface area (Å²) in [4.78, 5) is 13.0. The molecular weight excluding hydrogens is 258 g/mol. The number of benzene rings is 1. The minimum atomic E-state index is -0.379. The molecule has 3 N–H and O–H groups in total. The smallest absolute Gasteiger partial charge is 0.344 e. The van der Waals surface area contributed by atoms with Crippen LogP contribution in [0.5, 0.6) is 5.75 Å². The SMILES string of the molecule is CCOC(=O)COc1ccc2c(c1)CN(C(=N)N)CC2. The molecular formula is C14H19N3O3. The second-order valence-electron chi connectivity index (χ2n) is 4.58. The molecule has 0 fully saturated rings. The Bertz CT molecular complexity index is 516. The van der Waals surface area contributed by atoms with Crippen molar-refractivity contribution >= 4 is 11.9 Å². The quantitative estimate of drug-likeness (QED) is 0.484. The van der Waals surface area contributed by atoms with Gasteiger partial charge in [-0.25, -0.2) is 4.79 Å². The normalized spacial score (nSPS) is 13.6. The Morgan fingerprint density at radius 1 is 1.45 bits per heavy atom. The van der Waals surface area contributed by atoms with Gasteiger partial charge in [-0.15, -0.1) is 0 Å². The summed E-state index contributed by atoms with van der Waals surface area (Å²) in [6.45, 7) is 3.36. The van der Waals surface area contributed by atoms with Gasteiger partial charge in [0.1, 0.15) is 5.75 Å². The van der Waals surface area contributed by atoms with Crippen molar-refractivity contribution in [3.05, 3.63) is 29.3 Å². The van der Waals surface area contributed by atoms with Crippen molar-refractivity contribution in [3.8, 4) is 5.75 Å². The van der Waals surface area contributed by atoms with Crippen molar-refractivity contribution in [2.24, 2.45) is 5.73 Å². The van der Waals surface area contributed by atoms with Crippen molar-refractivity contribution in [2.75, 3.05) is 19.8 Å². The highest BCUT2D eigenvalue weighted by molar-refractivity contribution is 5.75. The summed E-state index contributed by atoms with van der Waals surface area (Å²) in [7, 11) is 0. The topological polar surface area (TPSA) is 88.6 Å². The summed E-state index contributed by atoms with van der Waals surface area (Å²) in [5.74, 6) is 0.325. The molecule has 0 bridgehead atoms. The molecule has 0 radical (unpaired) electrons. The lowest BCUT2D eigenvalue weighted by molar-refractivity contribution is -0.145. The fourth-order valence-electron chi connectivity index (χ4n) is 2.17. The average Bonchev–Trinajstić information content (AvgIpc) is 2.44. The molecule has 1 aliphatic rings. The van der Waals surface area contributed by atoms with Gasteiger partial charge in [0, 0.05) is 13.1 Å². The molecule has 20 heavy (non-hydrogen) atoms. The molecule has 0 spiro atoms. The first-order valence-electron chi connectivity index (χ1n) is 6.59. The van der Waals surface area contributed by atoms with Crippen LogP contribution in [0.3, 0.4) is 0 Å². The summed E-state index contributed by atoms with van der Waals surface area (Å²) < 4.78 is 10.2. The molecule has 0 aromatic heterocycles. The summed E-state index contributed by atoms with van der Waals surface area (Å²) in [6, 6.07) is 5.73. The van der Waals surface area contributed by atoms with Gasteiger partial charge in [0.05, 0.1) is 6.61 Å². The number of nitrogens with one attached hydrogen (secondary N) is 1. The van der Waals surface area contributed by atoms with Crippen LogP contribution >= 0.6 is 0 Å².